The van der Waals surface area contributed by atoms with Crippen LogP contribution in [0.2, 0.25) is 0 Å². The summed E-state index contributed by atoms with van der Waals surface area (Å²) >= 11 is 0. The van der Waals surface area contributed by atoms with Gasteiger partial charge in [0.1, 0.15) is 11.3 Å². The fourth-order valence-corrected chi connectivity index (χ4v) is 2.09. The Balaban J connectivity index is 2.37. The fraction of sp³-hybridized carbons (Fsp3) is 0.588. The molecule has 0 bridgehead atoms. The molecule has 1 rings (SSSR count). The molecule has 1 aromatic rings. The zero-order valence-corrected chi connectivity index (χ0v) is 13.1. The Bertz CT molecular complexity index is 451. The zero-order chi connectivity index (χ0) is 15.0. The number of para-hydroxylation sites is 1. The largest absolute Gasteiger partial charge is 0.493 e. The molecule has 20 heavy (non-hydrogen) atoms. The Kier molecular flexibility index (Phi) is 6.54. The number of nitrogens with zero attached hydrogens (tertiary/aromatic N) is 1. The molecule has 0 aliphatic heterocycles. The van der Waals surface area contributed by atoms with Crippen molar-refractivity contribution in [3.05, 3.63) is 29.8 Å². The first-order valence-electron chi connectivity index (χ1n) is 7.34. The molecule has 0 saturated heterocycles. The van der Waals surface area contributed by atoms with Crippen LogP contribution in [0.5, 0.6) is 5.75 Å². The van der Waals surface area contributed by atoms with Gasteiger partial charge >= 0.3 is 0 Å². The number of unbranched alkanes of at least 4 members (excludes halogenated alkanes) is 1. The lowest BCUT2D eigenvalue weighted by molar-refractivity contribution is 0.294. The van der Waals surface area contributed by atoms with Gasteiger partial charge in [0.05, 0.1) is 12.7 Å². The maximum absolute atomic E-state index is 9.07. The Morgan fingerprint density at radius 2 is 2.00 bits per heavy atom. The highest BCUT2D eigenvalue weighted by Gasteiger charge is 2.19. The maximum atomic E-state index is 9.07. The molecule has 0 aliphatic rings. The Morgan fingerprint density at radius 1 is 1.30 bits per heavy atom. The molecule has 1 atom stereocenters. The number of nitriles is 1. The van der Waals surface area contributed by atoms with Gasteiger partial charge in [-0.3, -0.25) is 0 Å². The minimum Gasteiger partial charge on any atom is -0.493 e. The topological polar surface area (TPSA) is 45.0 Å². The number of nitrogens with one attached hydrogen (secondary N) is 1. The van der Waals surface area contributed by atoms with Crippen molar-refractivity contribution in [2.75, 3.05) is 13.7 Å². The van der Waals surface area contributed by atoms with Gasteiger partial charge in [0.15, 0.2) is 0 Å². The summed E-state index contributed by atoms with van der Waals surface area (Å²) in [6.07, 6.45) is 2.79. The van der Waals surface area contributed by atoms with E-state index in [9.17, 15) is 0 Å². The summed E-state index contributed by atoms with van der Waals surface area (Å²) in [7, 11) is 1.83. The van der Waals surface area contributed by atoms with Gasteiger partial charge in [-0.1, -0.05) is 32.0 Å². The first-order valence-corrected chi connectivity index (χ1v) is 7.34. The summed E-state index contributed by atoms with van der Waals surface area (Å²) in [4.78, 5) is 0. The van der Waals surface area contributed by atoms with Gasteiger partial charge in [-0.15, -0.1) is 0 Å². The summed E-state index contributed by atoms with van der Waals surface area (Å²) in [6.45, 7) is 6.98. The molecule has 0 spiro atoms. The summed E-state index contributed by atoms with van der Waals surface area (Å²) in [6, 6.07) is 10.5. The molecular formula is C17H26N2O. The van der Waals surface area contributed by atoms with Crippen LogP contribution in [-0.4, -0.2) is 19.2 Å². The van der Waals surface area contributed by atoms with E-state index in [0.29, 0.717) is 12.5 Å². The highest BCUT2D eigenvalue weighted by atomic mass is 16.5. The standard InChI is InChI=1S/C17H26N2O/c1-14(2)15-9-5-6-10-16(15)20-12-8-7-11-17(3,13-18)19-4/h5-6,9-10,14,19H,7-8,11-12H2,1-4H3. The third-order valence-electron chi connectivity index (χ3n) is 3.67. The van der Waals surface area contributed by atoms with E-state index in [1.54, 1.807) is 0 Å². The molecule has 3 nitrogen and oxygen atoms in total. The van der Waals surface area contributed by atoms with E-state index >= 15 is 0 Å². The molecule has 0 aromatic heterocycles. The van der Waals surface area contributed by atoms with Crippen LogP contribution in [-0.2, 0) is 0 Å². The van der Waals surface area contributed by atoms with Crippen molar-refractivity contribution in [1.82, 2.24) is 5.32 Å². The molecule has 0 radical (unpaired) electrons. The summed E-state index contributed by atoms with van der Waals surface area (Å²) < 4.78 is 5.88. The van der Waals surface area contributed by atoms with Gasteiger partial charge in [0, 0.05) is 0 Å². The Morgan fingerprint density at radius 3 is 2.60 bits per heavy atom. The van der Waals surface area contributed by atoms with Crippen LogP contribution < -0.4 is 10.1 Å². The average Bonchev–Trinajstić information content (AvgIpc) is 2.47. The van der Waals surface area contributed by atoms with Crippen molar-refractivity contribution >= 4 is 0 Å². The molecule has 3 heteroatoms. The summed E-state index contributed by atoms with van der Waals surface area (Å²) in [5.74, 6) is 1.46. The zero-order valence-electron chi connectivity index (χ0n) is 13.1. The second kappa shape index (κ2) is 7.91. The fourth-order valence-electron chi connectivity index (χ4n) is 2.09. The highest BCUT2D eigenvalue weighted by Crippen LogP contribution is 2.26. The Hall–Kier alpha value is -1.53. The van der Waals surface area contributed by atoms with Crippen molar-refractivity contribution in [2.45, 2.75) is 51.5 Å². The van der Waals surface area contributed by atoms with Crippen LogP contribution in [0.15, 0.2) is 24.3 Å². The SMILES string of the molecule is CNC(C)(C#N)CCCCOc1ccccc1C(C)C. The van der Waals surface area contributed by atoms with E-state index in [1.165, 1.54) is 5.56 Å². The molecule has 0 amide bonds. The van der Waals surface area contributed by atoms with Crippen molar-refractivity contribution in [2.24, 2.45) is 0 Å². The average molecular weight is 274 g/mol. The van der Waals surface area contributed by atoms with Crippen LogP contribution in [0.3, 0.4) is 0 Å². The smallest absolute Gasteiger partial charge is 0.122 e. The number of hydrogen-bond donors (Lipinski definition) is 1. The predicted molar refractivity (Wildman–Crippen MR) is 83.0 cm³/mol. The van der Waals surface area contributed by atoms with Crippen molar-refractivity contribution in [1.29, 1.82) is 5.26 Å². The Labute approximate surface area is 123 Å². The van der Waals surface area contributed by atoms with Gasteiger partial charge in [-0.05, 0) is 50.8 Å². The second-order valence-corrected chi connectivity index (χ2v) is 5.69. The molecule has 1 aromatic carbocycles. The monoisotopic (exact) mass is 274 g/mol. The lowest BCUT2D eigenvalue weighted by Crippen LogP contribution is -2.37. The van der Waals surface area contributed by atoms with Crippen LogP contribution in [0.1, 0.15) is 51.5 Å². The van der Waals surface area contributed by atoms with Crippen molar-refractivity contribution in [3.8, 4) is 11.8 Å². The number of benzene rings is 1. The van der Waals surface area contributed by atoms with Gasteiger partial charge in [-0.2, -0.15) is 5.26 Å². The van der Waals surface area contributed by atoms with E-state index in [1.807, 2.05) is 32.2 Å². The molecule has 1 N–H and O–H groups in total. The van der Waals surface area contributed by atoms with E-state index in [2.05, 4.69) is 31.3 Å². The van der Waals surface area contributed by atoms with Crippen LogP contribution in [0.4, 0.5) is 0 Å². The van der Waals surface area contributed by atoms with Gasteiger partial charge in [0.25, 0.3) is 0 Å². The minimum absolute atomic E-state index is 0.421. The minimum atomic E-state index is -0.421. The lowest BCUT2D eigenvalue weighted by atomic mass is 9.97. The lowest BCUT2D eigenvalue weighted by Gasteiger charge is -2.20. The van der Waals surface area contributed by atoms with Crippen molar-refractivity contribution in [3.63, 3.8) is 0 Å². The normalized spacial score (nSPS) is 13.8. The second-order valence-electron chi connectivity index (χ2n) is 5.69. The highest BCUT2D eigenvalue weighted by molar-refractivity contribution is 5.35. The van der Waals surface area contributed by atoms with E-state index < -0.39 is 5.54 Å². The number of hydrogen-bond acceptors (Lipinski definition) is 3. The molecule has 0 saturated carbocycles. The van der Waals surface area contributed by atoms with Gasteiger partial charge in [-0.25, -0.2) is 0 Å². The molecular weight excluding hydrogens is 248 g/mol. The van der Waals surface area contributed by atoms with Crippen LogP contribution in [0.25, 0.3) is 0 Å². The van der Waals surface area contributed by atoms with E-state index in [-0.39, 0.29) is 0 Å². The van der Waals surface area contributed by atoms with Crippen molar-refractivity contribution < 1.29 is 4.74 Å². The van der Waals surface area contributed by atoms with E-state index in [0.717, 1.165) is 25.0 Å². The third-order valence-corrected chi connectivity index (χ3v) is 3.67. The first kappa shape index (κ1) is 16.5. The third kappa shape index (κ3) is 4.86. The first-order chi connectivity index (χ1) is 9.52. The summed E-state index contributed by atoms with van der Waals surface area (Å²) in [5.41, 5.74) is 0.833. The van der Waals surface area contributed by atoms with E-state index in [4.69, 9.17) is 10.00 Å². The number of rotatable bonds is 8. The van der Waals surface area contributed by atoms with Gasteiger partial charge in [0.2, 0.25) is 0 Å². The molecule has 1 unspecified atom stereocenters. The molecule has 0 aliphatic carbocycles. The maximum Gasteiger partial charge on any atom is 0.122 e. The van der Waals surface area contributed by atoms with Crippen LogP contribution in [0, 0.1) is 11.3 Å². The van der Waals surface area contributed by atoms with Gasteiger partial charge < -0.3 is 10.1 Å². The predicted octanol–water partition coefficient (Wildman–Crippen LogP) is 3.86. The summed E-state index contributed by atoms with van der Waals surface area (Å²) in [5, 5.41) is 12.1. The number of ether oxygens (including phenoxy) is 1. The molecule has 0 fully saturated rings. The quantitative estimate of drug-likeness (QED) is 0.732. The molecule has 110 valence electrons. The molecule has 0 heterocycles. The van der Waals surface area contributed by atoms with Crippen LogP contribution >= 0.6 is 0 Å².